The quantitative estimate of drug-likeness (QED) is 0.829. The first kappa shape index (κ1) is 14.1. The molecule has 0 heterocycles. The number of methoxy groups -OCH3 is 1. The van der Waals surface area contributed by atoms with Crippen molar-refractivity contribution in [2.75, 3.05) is 7.11 Å². The molecule has 0 bridgehead atoms. The lowest BCUT2D eigenvalue weighted by molar-refractivity contribution is -0.139. The Hall–Kier alpha value is -2.00. The summed E-state index contributed by atoms with van der Waals surface area (Å²) < 4.78 is 30.3. The number of alkyl halides is 2. The molecule has 1 rings (SSSR count). The Morgan fingerprint density at radius 3 is 2.56 bits per heavy atom. The van der Waals surface area contributed by atoms with E-state index in [-0.39, 0.29) is 29.7 Å². The minimum Gasteiger partial charge on any atom is -0.469 e. The van der Waals surface area contributed by atoms with E-state index >= 15 is 0 Å². The van der Waals surface area contributed by atoms with Gasteiger partial charge in [0.1, 0.15) is 0 Å². The van der Waals surface area contributed by atoms with Gasteiger partial charge in [-0.25, -0.2) is 8.78 Å². The molecule has 0 saturated carbocycles. The van der Waals surface area contributed by atoms with Gasteiger partial charge in [-0.2, -0.15) is 5.26 Å². The van der Waals surface area contributed by atoms with E-state index < -0.39 is 18.0 Å². The van der Waals surface area contributed by atoms with Gasteiger partial charge in [-0.15, -0.1) is 0 Å². The van der Waals surface area contributed by atoms with Crippen LogP contribution in [0.5, 0.6) is 0 Å². The average Bonchev–Trinajstić information content (AvgIpc) is 2.37. The van der Waals surface area contributed by atoms with Crippen molar-refractivity contribution in [1.29, 1.82) is 5.26 Å². The highest BCUT2D eigenvalue weighted by Crippen LogP contribution is 2.29. The van der Waals surface area contributed by atoms with E-state index in [1.165, 1.54) is 19.2 Å². The molecule has 96 valence electrons. The van der Waals surface area contributed by atoms with E-state index in [0.29, 0.717) is 0 Å². The van der Waals surface area contributed by atoms with Gasteiger partial charge in [0.25, 0.3) is 6.43 Å². The number of carbonyl (C=O) groups is 1. The van der Waals surface area contributed by atoms with Crippen LogP contribution >= 0.6 is 0 Å². The number of nitriles is 1. The highest BCUT2D eigenvalue weighted by molar-refractivity contribution is 5.74. The summed E-state index contributed by atoms with van der Waals surface area (Å²) in [5, 5.41) is 8.98. The monoisotopic (exact) mass is 254 g/mol. The molecule has 1 aromatic carbocycles. The van der Waals surface area contributed by atoms with Crippen molar-refractivity contribution < 1.29 is 18.3 Å². The molecule has 2 N–H and O–H groups in total. The maximum atomic E-state index is 12.9. The van der Waals surface area contributed by atoms with Crippen LogP contribution in [0.4, 0.5) is 8.78 Å². The van der Waals surface area contributed by atoms with Gasteiger partial charge >= 0.3 is 5.97 Å². The molecule has 0 spiro atoms. The van der Waals surface area contributed by atoms with Crippen LogP contribution in [-0.2, 0) is 22.5 Å². The molecule has 18 heavy (non-hydrogen) atoms. The molecule has 0 amide bonds. The minimum atomic E-state index is -2.81. The van der Waals surface area contributed by atoms with Crippen LogP contribution in [-0.4, -0.2) is 13.1 Å². The first-order valence-electron chi connectivity index (χ1n) is 5.14. The Labute approximate surface area is 103 Å². The SMILES string of the molecule is COC(=O)Cc1ccc(CN)c(C(F)F)c1C#N. The second-order valence-electron chi connectivity index (χ2n) is 3.54. The zero-order valence-corrected chi connectivity index (χ0v) is 9.74. The zero-order valence-electron chi connectivity index (χ0n) is 9.74. The Bertz CT molecular complexity index is 496. The molecule has 0 fully saturated rings. The van der Waals surface area contributed by atoms with Gasteiger partial charge in [-0.05, 0) is 11.1 Å². The largest absolute Gasteiger partial charge is 0.469 e. The smallest absolute Gasteiger partial charge is 0.310 e. The lowest BCUT2D eigenvalue weighted by atomic mass is 9.95. The number of ether oxygens (including phenoxy) is 1. The number of nitrogens with two attached hydrogens (primary N) is 1. The Kier molecular flexibility index (Phi) is 4.75. The van der Waals surface area contributed by atoms with Gasteiger partial charge in [-0.1, -0.05) is 12.1 Å². The summed E-state index contributed by atoms with van der Waals surface area (Å²) in [4.78, 5) is 11.1. The second-order valence-corrected chi connectivity index (χ2v) is 3.54. The van der Waals surface area contributed by atoms with Crippen LogP contribution in [0.1, 0.15) is 28.7 Å². The van der Waals surface area contributed by atoms with Crippen molar-refractivity contribution in [1.82, 2.24) is 0 Å². The molecule has 0 radical (unpaired) electrons. The summed E-state index contributed by atoms with van der Waals surface area (Å²) in [5.74, 6) is -0.591. The van der Waals surface area contributed by atoms with Crippen LogP contribution in [0.25, 0.3) is 0 Å². The minimum absolute atomic E-state index is 0.0904. The average molecular weight is 254 g/mol. The third-order valence-electron chi connectivity index (χ3n) is 2.53. The summed E-state index contributed by atoms with van der Waals surface area (Å²) in [6, 6.07) is 4.56. The van der Waals surface area contributed by atoms with Gasteiger partial charge in [0.2, 0.25) is 0 Å². The zero-order chi connectivity index (χ0) is 13.7. The number of benzene rings is 1. The van der Waals surface area contributed by atoms with Crippen LogP contribution in [0, 0.1) is 11.3 Å². The maximum Gasteiger partial charge on any atom is 0.310 e. The van der Waals surface area contributed by atoms with Crippen molar-refractivity contribution in [2.45, 2.75) is 19.4 Å². The van der Waals surface area contributed by atoms with Crippen molar-refractivity contribution in [3.63, 3.8) is 0 Å². The topological polar surface area (TPSA) is 76.1 Å². The van der Waals surface area contributed by atoms with Crippen molar-refractivity contribution in [2.24, 2.45) is 5.73 Å². The van der Waals surface area contributed by atoms with E-state index in [0.717, 1.165) is 0 Å². The molecular formula is C12H12F2N2O2. The molecule has 4 nitrogen and oxygen atoms in total. The maximum absolute atomic E-state index is 12.9. The molecular weight excluding hydrogens is 242 g/mol. The molecule has 0 aliphatic rings. The van der Waals surface area contributed by atoms with Crippen LogP contribution < -0.4 is 5.73 Å². The van der Waals surface area contributed by atoms with E-state index in [9.17, 15) is 13.6 Å². The molecule has 0 aromatic heterocycles. The molecule has 0 unspecified atom stereocenters. The second kappa shape index (κ2) is 6.07. The lowest BCUT2D eigenvalue weighted by Crippen LogP contribution is -2.11. The highest BCUT2D eigenvalue weighted by Gasteiger charge is 2.21. The van der Waals surface area contributed by atoms with Crippen LogP contribution in [0.15, 0.2) is 12.1 Å². The number of nitrogens with zero attached hydrogens (tertiary/aromatic N) is 1. The molecule has 0 saturated heterocycles. The number of hydrogen-bond acceptors (Lipinski definition) is 4. The Morgan fingerprint density at radius 2 is 2.11 bits per heavy atom. The van der Waals surface area contributed by atoms with Crippen molar-refractivity contribution in [3.05, 3.63) is 34.4 Å². The molecule has 0 aliphatic carbocycles. The molecule has 0 aliphatic heterocycles. The van der Waals surface area contributed by atoms with E-state index in [1.54, 1.807) is 6.07 Å². The number of halogens is 2. The number of hydrogen-bond donors (Lipinski definition) is 1. The van der Waals surface area contributed by atoms with Crippen LogP contribution in [0.2, 0.25) is 0 Å². The van der Waals surface area contributed by atoms with Gasteiger partial charge in [0, 0.05) is 12.1 Å². The Balaban J connectivity index is 3.34. The third-order valence-corrected chi connectivity index (χ3v) is 2.53. The fraction of sp³-hybridized carbons (Fsp3) is 0.333. The predicted octanol–water partition coefficient (Wildman–Crippen LogP) is 1.67. The van der Waals surface area contributed by atoms with Gasteiger partial charge in [-0.3, -0.25) is 4.79 Å². The first-order chi connectivity index (χ1) is 8.54. The van der Waals surface area contributed by atoms with E-state index in [2.05, 4.69) is 4.74 Å². The van der Waals surface area contributed by atoms with Gasteiger partial charge in [0.05, 0.1) is 25.2 Å². The van der Waals surface area contributed by atoms with Crippen LogP contribution in [0.3, 0.4) is 0 Å². The molecule has 0 atom stereocenters. The van der Waals surface area contributed by atoms with Gasteiger partial charge < -0.3 is 10.5 Å². The van der Waals surface area contributed by atoms with E-state index in [1.807, 2.05) is 0 Å². The standard InChI is InChI=1S/C12H12F2N2O2/c1-18-10(17)4-7-2-3-8(5-15)11(12(13)14)9(7)6-16/h2-3,12H,4-5,15H2,1H3. The summed E-state index contributed by atoms with van der Waals surface area (Å²) in [5.41, 5.74) is 5.18. The predicted molar refractivity (Wildman–Crippen MR) is 59.7 cm³/mol. The lowest BCUT2D eigenvalue weighted by Gasteiger charge is -2.12. The number of rotatable bonds is 4. The first-order valence-corrected chi connectivity index (χ1v) is 5.14. The summed E-state index contributed by atoms with van der Waals surface area (Å²) in [6.07, 6.45) is -3.03. The van der Waals surface area contributed by atoms with Crippen molar-refractivity contribution >= 4 is 5.97 Å². The van der Waals surface area contributed by atoms with Crippen molar-refractivity contribution in [3.8, 4) is 6.07 Å². The third kappa shape index (κ3) is 2.81. The van der Waals surface area contributed by atoms with E-state index in [4.69, 9.17) is 11.0 Å². The number of carbonyl (C=O) groups excluding carboxylic acids is 1. The molecule has 6 heteroatoms. The van der Waals surface area contributed by atoms with Gasteiger partial charge in [0.15, 0.2) is 0 Å². The summed E-state index contributed by atoms with van der Waals surface area (Å²) in [7, 11) is 1.19. The number of esters is 1. The summed E-state index contributed by atoms with van der Waals surface area (Å²) >= 11 is 0. The normalized spacial score (nSPS) is 10.2. The summed E-state index contributed by atoms with van der Waals surface area (Å²) in [6.45, 7) is -0.0904. The Morgan fingerprint density at radius 1 is 1.50 bits per heavy atom. The highest BCUT2D eigenvalue weighted by atomic mass is 19.3. The molecule has 1 aromatic rings. The fourth-order valence-electron chi connectivity index (χ4n) is 1.64. The fourth-order valence-corrected chi connectivity index (χ4v) is 1.64.